The lowest BCUT2D eigenvalue weighted by atomic mass is 9.83. The van der Waals surface area contributed by atoms with Gasteiger partial charge in [0.1, 0.15) is 5.82 Å². The molecule has 1 unspecified atom stereocenters. The lowest BCUT2D eigenvalue weighted by Crippen LogP contribution is -2.58. The summed E-state index contributed by atoms with van der Waals surface area (Å²) in [6, 6.07) is 4.63. The third-order valence-electron chi connectivity index (χ3n) is 4.02. The Morgan fingerprint density at radius 3 is 2.75 bits per heavy atom. The maximum atomic E-state index is 13.2. The Bertz CT molecular complexity index is 453. The molecular formula is C14H20BrFN2O2. The minimum atomic E-state index is -0.346. The molecule has 6 heteroatoms. The predicted molar refractivity (Wildman–Crippen MR) is 78.7 cm³/mol. The number of nitrogens with two attached hydrogens (primary N) is 1. The Morgan fingerprint density at radius 2 is 2.20 bits per heavy atom. The molecule has 4 nitrogen and oxygen atoms in total. The van der Waals surface area contributed by atoms with Crippen LogP contribution in [0, 0.1) is 5.82 Å². The van der Waals surface area contributed by atoms with E-state index in [1.165, 1.54) is 12.1 Å². The second-order valence-corrected chi connectivity index (χ2v) is 5.89. The normalized spacial score (nSPS) is 19.8. The van der Waals surface area contributed by atoms with Gasteiger partial charge in [0.05, 0.1) is 11.6 Å². The van der Waals surface area contributed by atoms with Gasteiger partial charge in [0.15, 0.2) is 0 Å². The number of hydrogen-bond acceptors (Lipinski definition) is 4. The molecule has 1 aliphatic rings. The number of hydrazine groups is 1. The maximum absolute atomic E-state index is 13.2. The summed E-state index contributed by atoms with van der Waals surface area (Å²) in [6.45, 7) is 1.33. The molecule has 1 atom stereocenters. The van der Waals surface area contributed by atoms with E-state index in [1.807, 2.05) is 0 Å². The van der Waals surface area contributed by atoms with Crippen molar-refractivity contribution in [3.05, 3.63) is 34.1 Å². The van der Waals surface area contributed by atoms with Crippen LogP contribution in [0.4, 0.5) is 4.39 Å². The van der Waals surface area contributed by atoms with Crippen LogP contribution >= 0.6 is 15.9 Å². The van der Waals surface area contributed by atoms with E-state index >= 15 is 0 Å². The number of methoxy groups -OCH3 is 1. The van der Waals surface area contributed by atoms with Gasteiger partial charge in [-0.25, -0.2) is 4.39 Å². The highest BCUT2D eigenvalue weighted by Gasteiger charge is 2.40. The standard InChI is InChI=1S/C14H20BrFN2O2/c1-19-14(4-6-20-7-5-14)13(18-17)8-10-2-3-11(16)9-12(10)15/h2-3,9,13,18H,4-8,17H2,1H3. The number of rotatable bonds is 5. The number of ether oxygens (including phenoxy) is 2. The van der Waals surface area contributed by atoms with E-state index in [0.717, 1.165) is 22.9 Å². The van der Waals surface area contributed by atoms with Gasteiger partial charge >= 0.3 is 0 Å². The zero-order valence-electron chi connectivity index (χ0n) is 11.5. The average molecular weight is 347 g/mol. The fourth-order valence-electron chi connectivity index (χ4n) is 2.72. The first-order valence-electron chi connectivity index (χ1n) is 6.64. The molecule has 0 aromatic heterocycles. The highest BCUT2D eigenvalue weighted by Crippen LogP contribution is 2.31. The van der Waals surface area contributed by atoms with Crippen LogP contribution in [-0.2, 0) is 15.9 Å². The molecule has 0 amide bonds. The largest absolute Gasteiger partial charge is 0.381 e. The molecule has 0 spiro atoms. The highest BCUT2D eigenvalue weighted by atomic mass is 79.9. The van der Waals surface area contributed by atoms with Gasteiger partial charge in [0.25, 0.3) is 0 Å². The molecule has 1 aromatic rings. The Kier molecular flexibility index (Phi) is 5.51. The third-order valence-corrected chi connectivity index (χ3v) is 4.76. The average Bonchev–Trinajstić information content (AvgIpc) is 2.47. The Hall–Kier alpha value is -0.530. The smallest absolute Gasteiger partial charge is 0.124 e. The number of halogens is 2. The summed E-state index contributed by atoms with van der Waals surface area (Å²) in [4.78, 5) is 0. The van der Waals surface area contributed by atoms with E-state index in [4.69, 9.17) is 15.3 Å². The Balaban J connectivity index is 2.18. The van der Waals surface area contributed by atoms with E-state index in [-0.39, 0.29) is 17.5 Å². The first-order valence-corrected chi connectivity index (χ1v) is 7.43. The Morgan fingerprint density at radius 1 is 1.50 bits per heavy atom. The highest BCUT2D eigenvalue weighted by molar-refractivity contribution is 9.10. The molecular weight excluding hydrogens is 327 g/mol. The molecule has 0 radical (unpaired) electrons. The van der Waals surface area contributed by atoms with Gasteiger partial charge in [-0.15, -0.1) is 0 Å². The topological polar surface area (TPSA) is 56.5 Å². The molecule has 1 fully saturated rings. The zero-order chi connectivity index (χ0) is 14.6. The summed E-state index contributed by atoms with van der Waals surface area (Å²) in [6.07, 6.45) is 2.24. The van der Waals surface area contributed by atoms with E-state index in [1.54, 1.807) is 13.2 Å². The number of benzene rings is 1. The molecule has 112 valence electrons. The third kappa shape index (κ3) is 3.38. The molecule has 1 aromatic carbocycles. The van der Waals surface area contributed by atoms with Gasteiger partial charge in [-0.2, -0.15) is 0 Å². The lowest BCUT2D eigenvalue weighted by Gasteiger charge is -2.42. The number of hydrogen-bond donors (Lipinski definition) is 2. The van der Waals surface area contributed by atoms with E-state index in [2.05, 4.69) is 21.4 Å². The van der Waals surface area contributed by atoms with Crippen LogP contribution in [0.1, 0.15) is 18.4 Å². The molecule has 2 rings (SSSR count). The minimum Gasteiger partial charge on any atom is -0.381 e. The van der Waals surface area contributed by atoms with E-state index in [0.29, 0.717) is 19.6 Å². The molecule has 1 saturated heterocycles. The molecule has 0 aliphatic carbocycles. The monoisotopic (exact) mass is 346 g/mol. The van der Waals surface area contributed by atoms with E-state index < -0.39 is 0 Å². The summed E-state index contributed by atoms with van der Waals surface area (Å²) in [5.74, 6) is 5.47. The lowest BCUT2D eigenvalue weighted by molar-refractivity contribution is -0.110. The van der Waals surface area contributed by atoms with Gasteiger partial charge < -0.3 is 9.47 Å². The van der Waals surface area contributed by atoms with Crippen molar-refractivity contribution in [2.24, 2.45) is 5.84 Å². The fraction of sp³-hybridized carbons (Fsp3) is 0.571. The summed E-state index contributed by atoms with van der Waals surface area (Å²) < 4.78 is 25.1. The van der Waals surface area contributed by atoms with Gasteiger partial charge in [0.2, 0.25) is 0 Å². The van der Waals surface area contributed by atoms with E-state index in [9.17, 15) is 4.39 Å². The molecule has 1 aliphatic heterocycles. The fourth-order valence-corrected chi connectivity index (χ4v) is 3.23. The van der Waals surface area contributed by atoms with Crippen molar-refractivity contribution >= 4 is 15.9 Å². The molecule has 1 heterocycles. The minimum absolute atomic E-state index is 0.0573. The summed E-state index contributed by atoms with van der Waals surface area (Å²) in [7, 11) is 1.70. The maximum Gasteiger partial charge on any atom is 0.124 e. The van der Waals surface area contributed by atoms with Crippen molar-refractivity contribution in [1.82, 2.24) is 5.43 Å². The van der Waals surface area contributed by atoms with Crippen LogP contribution in [0.3, 0.4) is 0 Å². The van der Waals surface area contributed by atoms with Gasteiger partial charge in [-0.1, -0.05) is 22.0 Å². The van der Waals surface area contributed by atoms with Crippen LogP contribution in [0.2, 0.25) is 0 Å². The van der Waals surface area contributed by atoms with Crippen molar-refractivity contribution in [3.8, 4) is 0 Å². The van der Waals surface area contributed by atoms with Crippen molar-refractivity contribution in [3.63, 3.8) is 0 Å². The molecule has 0 saturated carbocycles. The summed E-state index contributed by atoms with van der Waals surface area (Å²) >= 11 is 3.39. The summed E-state index contributed by atoms with van der Waals surface area (Å²) in [5, 5.41) is 0. The quantitative estimate of drug-likeness (QED) is 0.633. The van der Waals surface area contributed by atoms with Crippen molar-refractivity contribution in [2.45, 2.75) is 30.9 Å². The van der Waals surface area contributed by atoms with Gasteiger partial charge in [-0.3, -0.25) is 11.3 Å². The van der Waals surface area contributed by atoms with Crippen molar-refractivity contribution in [1.29, 1.82) is 0 Å². The first kappa shape index (κ1) is 15.9. The van der Waals surface area contributed by atoms with Crippen LogP contribution in [-0.4, -0.2) is 32.0 Å². The van der Waals surface area contributed by atoms with Crippen LogP contribution in [0.5, 0.6) is 0 Å². The Labute approximate surface area is 126 Å². The zero-order valence-corrected chi connectivity index (χ0v) is 13.1. The predicted octanol–water partition coefficient (Wildman–Crippen LogP) is 2.16. The second kappa shape index (κ2) is 6.95. The SMILES string of the molecule is COC1(C(Cc2ccc(F)cc2Br)NN)CCOCC1. The van der Waals surface area contributed by atoms with Gasteiger partial charge in [0, 0.05) is 37.6 Å². The van der Waals surface area contributed by atoms with Crippen LogP contribution in [0.15, 0.2) is 22.7 Å². The molecule has 0 bridgehead atoms. The van der Waals surface area contributed by atoms with Crippen molar-refractivity contribution in [2.75, 3.05) is 20.3 Å². The van der Waals surface area contributed by atoms with Crippen molar-refractivity contribution < 1.29 is 13.9 Å². The summed E-state index contributed by atoms with van der Waals surface area (Å²) in [5.41, 5.74) is 3.51. The van der Waals surface area contributed by atoms with Crippen LogP contribution < -0.4 is 11.3 Å². The number of nitrogens with one attached hydrogen (secondary N) is 1. The van der Waals surface area contributed by atoms with Crippen LogP contribution in [0.25, 0.3) is 0 Å². The molecule has 3 N–H and O–H groups in total. The second-order valence-electron chi connectivity index (χ2n) is 5.04. The van der Waals surface area contributed by atoms with Gasteiger partial charge in [-0.05, 0) is 24.1 Å². The first-order chi connectivity index (χ1) is 9.61. The molecule has 20 heavy (non-hydrogen) atoms.